The number of rotatable bonds is 8. The van der Waals surface area contributed by atoms with Gasteiger partial charge in [-0.25, -0.2) is 9.36 Å². The lowest BCUT2D eigenvalue weighted by molar-refractivity contribution is -0.161. The molecule has 0 amide bonds. The van der Waals surface area contributed by atoms with Crippen LogP contribution in [0.5, 0.6) is 0 Å². The lowest BCUT2D eigenvalue weighted by Gasteiger charge is -2.37. The monoisotopic (exact) mass is 516 g/mol. The topological polar surface area (TPSA) is 80.9 Å². The summed E-state index contributed by atoms with van der Waals surface area (Å²) >= 11 is 0. The summed E-state index contributed by atoms with van der Waals surface area (Å²) in [4.78, 5) is 26.0. The van der Waals surface area contributed by atoms with Crippen molar-refractivity contribution in [1.82, 2.24) is 9.13 Å². The highest BCUT2D eigenvalue weighted by molar-refractivity contribution is 6.74. The minimum atomic E-state index is -1.95. The second kappa shape index (κ2) is 10.0. The van der Waals surface area contributed by atoms with Crippen molar-refractivity contribution in [3.8, 4) is 0 Å². The molecule has 0 radical (unpaired) electrons. The number of aromatic nitrogens is 2. The smallest absolute Gasteiger partial charge is 0.333 e. The minimum Gasteiger partial charge on any atom is -0.416 e. The van der Waals surface area contributed by atoms with E-state index >= 15 is 0 Å². The van der Waals surface area contributed by atoms with Crippen LogP contribution in [-0.4, -0.2) is 42.1 Å². The van der Waals surface area contributed by atoms with Crippen molar-refractivity contribution in [2.75, 3.05) is 6.61 Å². The molecule has 1 aromatic heterocycles. The van der Waals surface area contributed by atoms with Gasteiger partial charge in [0.05, 0.1) is 18.8 Å². The first kappa shape index (κ1) is 27.0. The molecule has 4 rings (SSSR count). The molecule has 2 aromatic rings. The molecule has 1 aliphatic heterocycles. The molecule has 0 N–H and O–H groups in total. The molecule has 198 valence electrons. The summed E-state index contributed by atoms with van der Waals surface area (Å²) in [6.45, 7) is 15.7. The van der Waals surface area contributed by atoms with Crippen molar-refractivity contribution in [3.05, 3.63) is 69.0 Å². The quantitative estimate of drug-likeness (QED) is 0.487. The zero-order valence-electron chi connectivity index (χ0n) is 22.5. The Kier molecular flexibility index (Phi) is 7.52. The average Bonchev–Trinajstić information content (AvgIpc) is 3.28. The lowest BCUT2D eigenvalue weighted by Crippen LogP contribution is -2.43. The molecular formula is C27H40N2O6Si. The van der Waals surface area contributed by atoms with Gasteiger partial charge in [0.1, 0.15) is 12.8 Å². The maximum Gasteiger partial charge on any atom is 0.333 e. The summed E-state index contributed by atoms with van der Waals surface area (Å²) in [6, 6.07) is 10.8. The van der Waals surface area contributed by atoms with Crippen LogP contribution in [-0.2, 0) is 32.0 Å². The summed E-state index contributed by atoms with van der Waals surface area (Å²) in [5.41, 5.74) is 0.183. The van der Waals surface area contributed by atoms with Gasteiger partial charge in [-0.05, 0) is 44.0 Å². The zero-order chi connectivity index (χ0) is 26.3. The molecule has 2 fully saturated rings. The molecule has 2 heterocycles. The van der Waals surface area contributed by atoms with Crippen LogP contribution in [0.2, 0.25) is 18.1 Å². The summed E-state index contributed by atoms with van der Waals surface area (Å²) in [6.07, 6.45) is 1.76. The molecule has 0 spiro atoms. The van der Waals surface area contributed by atoms with Crippen LogP contribution in [0.1, 0.15) is 52.6 Å². The van der Waals surface area contributed by atoms with Gasteiger partial charge in [0.2, 0.25) is 0 Å². The maximum absolute atomic E-state index is 13.4. The lowest BCUT2D eigenvalue weighted by atomic mass is 10.1. The summed E-state index contributed by atoms with van der Waals surface area (Å²) in [5, 5.41) is 0.100. The van der Waals surface area contributed by atoms with Crippen molar-refractivity contribution >= 4 is 8.32 Å². The van der Waals surface area contributed by atoms with Gasteiger partial charge in [0, 0.05) is 24.8 Å². The molecule has 1 saturated heterocycles. The predicted molar refractivity (Wildman–Crippen MR) is 140 cm³/mol. The van der Waals surface area contributed by atoms with Crippen LogP contribution >= 0.6 is 0 Å². The highest BCUT2D eigenvalue weighted by Gasteiger charge is 2.55. The van der Waals surface area contributed by atoms with Gasteiger partial charge in [-0.15, -0.1) is 0 Å². The zero-order valence-corrected chi connectivity index (χ0v) is 23.5. The Hall–Kier alpha value is -2.04. The normalized spacial score (nSPS) is 25.8. The van der Waals surface area contributed by atoms with Crippen LogP contribution < -0.4 is 11.2 Å². The van der Waals surface area contributed by atoms with Crippen molar-refractivity contribution in [1.29, 1.82) is 0 Å². The molecule has 1 aromatic carbocycles. The average molecular weight is 517 g/mol. The van der Waals surface area contributed by atoms with Gasteiger partial charge in [-0.3, -0.25) is 9.36 Å². The summed E-state index contributed by atoms with van der Waals surface area (Å²) < 4.78 is 27.6. The molecule has 2 aliphatic rings. The number of nitrogens with zero attached hydrogens (tertiary/aromatic N) is 2. The Morgan fingerprint density at radius 1 is 1.06 bits per heavy atom. The SMILES string of the molecule is CC1(C)O[C@@H]2[C@@H](CO[Si](C)(C)C(C)(C)C)C[C@@H](n3ccc(=O)n(COCc4ccccc4)c3=O)[C@@H]2O1. The predicted octanol–water partition coefficient (Wildman–Crippen LogP) is 4.29. The van der Waals surface area contributed by atoms with Crippen LogP contribution in [0.15, 0.2) is 52.2 Å². The van der Waals surface area contributed by atoms with Crippen molar-refractivity contribution in [2.45, 2.75) is 96.5 Å². The highest BCUT2D eigenvalue weighted by atomic mass is 28.4. The fourth-order valence-electron chi connectivity index (χ4n) is 4.76. The van der Waals surface area contributed by atoms with E-state index in [1.165, 1.54) is 6.07 Å². The third-order valence-electron chi connectivity index (χ3n) is 7.80. The van der Waals surface area contributed by atoms with E-state index in [0.29, 0.717) is 19.6 Å². The van der Waals surface area contributed by atoms with Gasteiger partial charge in [-0.2, -0.15) is 0 Å². The number of benzene rings is 1. The van der Waals surface area contributed by atoms with Crippen LogP contribution in [0.25, 0.3) is 0 Å². The first-order chi connectivity index (χ1) is 16.8. The van der Waals surface area contributed by atoms with Crippen molar-refractivity contribution < 1.29 is 18.6 Å². The van der Waals surface area contributed by atoms with Crippen molar-refractivity contribution in [3.63, 3.8) is 0 Å². The van der Waals surface area contributed by atoms with E-state index in [1.54, 1.807) is 10.8 Å². The Labute approximate surface area is 214 Å². The van der Waals surface area contributed by atoms with E-state index in [1.807, 2.05) is 44.2 Å². The number of hydrogen-bond acceptors (Lipinski definition) is 6. The molecule has 8 nitrogen and oxygen atoms in total. The molecule has 9 heteroatoms. The van der Waals surface area contributed by atoms with Crippen LogP contribution in [0, 0.1) is 5.92 Å². The molecule has 4 atom stereocenters. The fraction of sp³-hybridized carbons (Fsp3) is 0.630. The molecule has 0 unspecified atom stereocenters. The van der Waals surface area contributed by atoms with E-state index in [0.717, 1.165) is 10.1 Å². The van der Waals surface area contributed by atoms with Crippen LogP contribution in [0.3, 0.4) is 0 Å². The minimum absolute atomic E-state index is 0.0810. The van der Waals surface area contributed by atoms with E-state index in [2.05, 4.69) is 33.9 Å². The molecule has 0 bridgehead atoms. The van der Waals surface area contributed by atoms with E-state index in [-0.39, 0.29) is 41.5 Å². The highest BCUT2D eigenvalue weighted by Crippen LogP contribution is 2.47. The Bertz CT molecular complexity index is 1170. The third kappa shape index (κ3) is 5.60. The van der Waals surface area contributed by atoms with Gasteiger partial charge in [0.25, 0.3) is 5.56 Å². The number of ether oxygens (including phenoxy) is 3. The van der Waals surface area contributed by atoms with Gasteiger partial charge >= 0.3 is 5.69 Å². The summed E-state index contributed by atoms with van der Waals surface area (Å²) in [5.74, 6) is -0.669. The number of hydrogen-bond donors (Lipinski definition) is 0. The fourth-order valence-corrected chi connectivity index (χ4v) is 5.82. The Balaban J connectivity index is 1.55. The van der Waals surface area contributed by atoms with E-state index < -0.39 is 19.8 Å². The first-order valence-electron chi connectivity index (χ1n) is 12.7. The van der Waals surface area contributed by atoms with Crippen LogP contribution in [0.4, 0.5) is 0 Å². The van der Waals surface area contributed by atoms with Gasteiger partial charge < -0.3 is 18.6 Å². The second-order valence-corrected chi connectivity index (χ2v) is 16.7. The molecular weight excluding hydrogens is 476 g/mol. The summed E-state index contributed by atoms with van der Waals surface area (Å²) in [7, 11) is -1.95. The second-order valence-electron chi connectivity index (χ2n) is 11.9. The number of fused-ring (bicyclic) bond motifs is 1. The van der Waals surface area contributed by atoms with Gasteiger partial charge in [-0.1, -0.05) is 51.1 Å². The van der Waals surface area contributed by atoms with E-state index in [9.17, 15) is 9.59 Å². The molecule has 1 saturated carbocycles. The standard InChI is InChI=1S/C27H40N2O6Si/c1-26(2,3)36(6,7)33-17-20-15-21(24-23(20)34-27(4,5)35-24)28-14-13-22(30)29(25(28)31)18-32-16-19-11-9-8-10-12-19/h8-14,20-21,23-24H,15-18H2,1-7H3/t20-,21-,23-,24+/m1/s1. The largest absolute Gasteiger partial charge is 0.416 e. The first-order valence-corrected chi connectivity index (χ1v) is 15.6. The third-order valence-corrected chi connectivity index (χ3v) is 12.3. The maximum atomic E-state index is 13.4. The molecule has 1 aliphatic carbocycles. The molecule has 36 heavy (non-hydrogen) atoms. The Morgan fingerprint density at radius 3 is 2.39 bits per heavy atom. The van der Waals surface area contributed by atoms with E-state index in [4.69, 9.17) is 18.6 Å². The Morgan fingerprint density at radius 2 is 1.72 bits per heavy atom. The van der Waals surface area contributed by atoms with Crippen molar-refractivity contribution in [2.24, 2.45) is 5.92 Å². The van der Waals surface area contributed by atoms with Gasteiger partial charge in [0.15, 0.2) is 14.1 Å².